The number of carbonyl (C=O) groups excluding carboxylic acids is 3. The first-order chi connectivity index (χ1) is 15.5. The zero-order valence-corrected chi connectivity index (χ0v) is 19.6. The van der Waals surface area contributed by atoms with Gasteiger partial charge in [-0.05, 0) is 36.5 Å². The van der Waals surface area contributed by atoms with E-state index in [-0.39, 0.29) is 29.7 Å². The maximum atomic E-state index is 12.9. The largest absolute Gasteiger partial charge is 0.508 e. The van der Waals surface area contributed by atoms with Gasteiger partial charge in [0.2, 0.25) is 17.7 Å². The number of carboxylic acids is 1. The molecule has 1 aliphatic rings. The average Bonchev–Trinajstić information content (AvgIpc) is 3.27. The van der Waals surface area contributed by atoms with Gasteiger partial charge in [0.25, 0.3) is 0 Å². The molecule has 1 aromatic carbocycles. The van der Waals surface area contributed by atoms with Crippen molar-refractivity contribution in [1.82, 2.24) is 15.5 Å². The number of benzene rings is 1. The highest BCUT2D eigenvalue weighted by molar-refractivity contribution is 7.80. The molecule has 33 heavy (non-hydrogen) atoms. The van der Waals surface area contributed by atoms with Crippen molar-refractivity contribution in [2.45, 2.75) is 57.3 Å². The van der Waals surface area contributed by atoms with Crippen LogP contribution in [0.15, 0.2) is 24.3 Å². The standard InChI is InChI=1S/C22H32N4O6S/c1-12(2)18(23)21(30)26-9-3-4-17(26)20(29)25-16(11-33)19(28)24-15(22(31)32)10-13-5-7-14(27)8-6-13/h5-8,12,15-18,27,33H,3-4,9-11,23H2,1-2H3,(H,24,28)(H,25,29)(H,31,32). The molecule has 6 N–H and O–H groups in total. The molecule has 0 bridgehead atoms. The first-order valence-electron chi connectivity index (χ1n) is 10.8. The Hall–Kier alpha value is -2.79. The summed E-state index contributed by atoms with van der Waals surface area (Å²) in [7, 11) is 0. The molecule has 182 valence electrons. The van der Waals surface area contributed by atoms with Crippen molar-refractivity contribution in [2.24, 2.45) is 11.7 Å². The highest BCUT2D eigenvalue weighted by Crippen LogP contribution is 2.20. The summed E-state index contributed by atoms with van der Waals surface area (Å²) in [4.78, 5) is 51.3. The van der Waals surface area contributed by atoms with Gasteiger partial charge in [-0.15, -0.1) is 0 Å². The van der Waals surface area contributed by atoms with Crippen LogP contribution in [0.5, 0.6) is 5.75 Å². The third-order valence-electron chi connectivity index (χ3n) is 5.65. The molecule has 1 aliphatic heterocycles. The summed E-state index contributed by atoms with van der Waals surface area (Å²) < 4.78 is 0. The number of thiol groups is 1. The Kier molecular flexibility index (Phi) is 9.54. The Labute approximate surface area is 198 Å². The summed E-state index contributed by atoms with van der Waals surface area (Å²) in [5.41, 5.74) is 6.57. The van der Waals surface area contributed by atoms with E-state index in [0.29, 0.717) is 24.9 Å². The van der Waals surface area contributed by atoms with E-state index >= 15 is 0 Å². The van der Waals surface area contributed by atoms with E-state index in [1.165, 1.54) is 17.0 Å². The summed E-state index contributed by atoms with van der Waals surface area (Å²) in [6.07, 6.45) is 1.08. The Morgan fingerprint density at radius 1 is 1.15 bits per heavy atom. The van der Waals surface area contributed by atoms with Crippen molar-refractivity contribution in [3.05, 3.63) is 29.8 Å². The number of phenols is 1. The van der Waals surface area contributed by atoms with E-state index < -0.39 is 42.0 Å². The SMILES string of the molecule is CC(C)C(N)C(=O)N1CCCC1C(=O)NC(CS)C(=O)NC(Cc1ccc(O)cc1)C(=O)O. The fraction of sp³-hybridized carbons (Fsp3) is 0.545. The molecule has 11 heteroatoms. The van der Waals surface area contributed by atoms with E-state index in [4.69, 9.17) is 5.73 Å². The Morgan fingerprint density at radius 3 is 2.33 bits per heavy atom. The van der Waals surface area contributed by atoms with Gasteiger partial charge in [0, 0.05) is 18.7 Å². The van der Waals surface area contributed by atoms with Crippen molar-refractivity contribution in [1.29, 1.82) is 0 Å². The minimum atomic E-state index is -1.24. The normalized spacial score (nSPS) is 18.5. The fourth-order valence-electron chi connectivity index (χ4n) is 3.58. The Morgan fingerprint density at radius 2 is 1.79 bits per heavy atom. The van der Waals surface area contributed by atoms with Crippen LogP contribution in [0, 0.1) is 5.92 Å². The molecular weight excluding hydrogens is 448 g/mol. The molecule has 4 unspecified atom stereocenters. The van der Waals surface area contributed by atoms with Gasteiger partial charge >= 0.3 is 5.97 Å². The number of hydrogen-bond donors (Lipinski definition) is 6. The van der Waals surface area contributed by atoms with Gasteiger partial charge in [0.05, 0.1) is 6.04 Å². The number of aliphatic carboxylic acids is 1. The zero-order valence-electron chi connectivity index (χ0n) is 18.7. The molecule has 1 fully saturated rings. The molecule has 0 saturated carbocycles. The minimum absolute atomic E-state index is 0.00735. The lowest BCUT2D eigenvalue weighted by molar-refractivity contribution is -0.143. The van der Waals surface area contributed by atoms with Crippen molar-refractivity contribution in [3.8, 4) is 5.75 Å². The minimum Gasteiger partial charge on any atom is -0.508 e. The average molecular weight is 481 g/mol. The fourth-order valence-corrected chi connectivity index (χ4v) is 3.84. The molecule has 0 radical (unpaired) electrons. The van der Waals surface area contributed by atoms with Gasteiger partial charge in [-0.1, -0.05) is 26.0 Å². The van der Waals surface area contributed by atoms with E-state index in [9.17, 15) is 29.4 Å². The molecule has 0 aliphatic carbocycles. The zero-order chi connectivity index (χ0) is 24.7. The first-order valence-corrected chi connectivity index (χ1v) is 11.5. The van der Waals surface area contributed by atoms with Crippen molar-refractivity contribution >= 4 is 36.3 Å². The summed E-state index contributed by atoms with van der Waals surface area (Å²) in [5, 5.41) is 23.9. The number of nitrogens with one attached hydrogen (secondary N) is 2. The predicted molar refractivity (Wildman–Crippen MR) is 125 cm³/mol. The number of nitrogens with zero attached hydrogens (tertiary/aromatic N) is 1. The lowest BCUT2D eigenvalue weighted by atomic mass is 10.0. The van der Waals surface area contributed by atoms with Crippen LogP contribution >= 0.6 is 12.6 Å². The highest BCUT2D eigenvalue weighted by Gasteiger charge is 2.38. The van der Waals surface area contributed by atoms with Gasteiger partial charge in [-0.3, -0.25) is 14.4 Å². The topological polar surface area (TPSA) is 162 Å². The lowest BCUT2D eigenvalue weighted by Gasteiger charge is -2.29. The predicted octanol–water partition coefficient (Wildman–Crippen LogP) is -0.107. The van der Waals surface area contributed by atoms with Gasteiger partial charge in [0.15, 0.2) is 0 Å². The summed E-state index contributed by atoms with van der Waals surface area (Å²) in [6.45, 7) is 4.06. The number of aromatic hydroxyl groups is 1. The maximum Gasteiger partial charge on any atom is 0.326 e. The monoisotopic (exact) mass is 480 g/mol. The van der Waals surface area contributed by atoms with Crippen molar-refractivity contribution in [3.63, 3.8) is 0 Å². The second kappa shape index (κ2) is 11.9. The smallest absolute Gasteiger partial charge is 0.326 e. The van der Waals surface area contributed by atoms with Crippen LogP contribution in [-0.4, -0.2) is 75.3 Å². The van der Waals surface area contributed by atoms with Crippen molar-refractivity contribution in [2.75, 3.05) is 12.3 Å². The maximum absolute atomic E-state index is 12.9. The lowest BCUT2D eigenvalue weighted by Crippen LogP contribution is -2.57. The number of amides is 3. The Bertz CT molecular complexity index is 863. The summed E-state index contributed by atoms with van der Waals surface area (Å²) in [5.74, 6) is -2.85. The van der Waals surface area contributed by atoms with Crippen molar-refractivity contribution < 1.29 is 29.4 Å². The van der Waals surface area contributed by atoms with E-state index in [1.807, 2.05) is 13.8 Å². The molecule has 1 saturated heterocycles. The molecular formula is C22H32N4O6S. The number of rotatable bonds is 10. The number of phenolic OH excluding ortho intramolecular Hbond substituents is 1. The van der Waals surface area contributed by atoms with Crippen LogP contribution in [0.25, 0.3) is 0 Å². The number of carbonyl (C=O) groups is 4. The van der Waals surface area contributed by atoms with Crippen LogP contribution in [0.2, 0.25) is 0 Å². The second-order valence-corrected chi connectivity index (χ2v) is 8.84. The summed E-state index contributed by atoms with van der Waals surface area (Å²) >= 11 is 4.13. The van der Waals surface area contributed by atoms with Crippen LogP contribution in [0.1, 0.15) is 32.3 Å². The van der Waals surface area contributed by atoms with Gasteiger partial charge in [-0.2, -0.15) is 12.6 Å². The number of nitrogens with two attached hydrogens (primary N) is 1. The quantitative estimate of drug-likeness (QED) is 0.255. The van der Waals surface area contributed by atoms with E-state index in [1.54, 1.807) is 12.1 Å². The second-order valence-electron chi connectivity index (χ2n) is 8.47. The van der Waals surface area contributed by atoms with Crippen LogP contribution in [0.3, 0.4) is 0 Å². The van der Waals surface area contributed by atoms with Gasteiger partial charge < -0.3 is 31.5 Å². The first kappa shape index (κ1) is 26.5. The molecule has 0 aromatic heterocycles. The molecule has 2 rings (SSSR count). The molecule has 0 spiro atoms. The van der Waals surface area contributed by atoms with Crippen LogP contribution < -0.4 is 16.4 Å². The third-order valence-corrected chi connectivity index (χ3v) is 6.01. The third kappa shape index (κ3) is 7.10. The molecule has 1 aromatic rings. The highest BCUT2D eigenvalue weighted by atomic mass is 32.1. The molecule has 10 nitrogen and oxygen atoms in total. The van der Waals surface area contributed by atoms with Crippen LogP contribution in [0.4, 0.5) is 0 Å². The summed E-state index contributed by atoms with van der Waals surface area (Å²) in [6, 6.07) is 2.17. The van der Waals surface area contributed by atoms with E-state index in [2.05, 4.69) is 23.3 Å². The number of hydrogen-bond acceptors (Lipinski definition) is 7. The number of likely N-dealkylation sites (tertiary alicyclic amines) is 1. The van der Waals surface area contributed by atoms with Crippen LogP contribution in [-0.2, 0) is 25.6 Å². The van der Waals surface area contributed by atoms with E-state index in [0.717, 1.165) is 0 Å². The number of carboxylic acid groups (broad SMARTS) is 1. The molecule has 4 atom stereocenters. The van der Waals surface area contributed by atoms with Gasteiger partial charge in [0.1, 0.15) is 23.9 Å². The molecule has 1 heterocycles. The molecule has 3 amide bonds. The van der Waals surface area contributed by atoms with Gasteiger partial charge in [-0.25, -0.2) is 4.79 Å². The Balaban J connectivity index is 2.03.